The van der Waals surface area contributed by atoms with Crippen LogP contribution in [0.1, 0.15) is 29.5 Å². The van der Waals surface area contributed by atoms with Crippen molar-refractivity contribution in [3.63, 3.8) is 0 Å². The van der Waals surface area contributed by atoms with Gasteiger partial charge in [0.05, 0.1) is 12.7 Å². The van der Waals surface area contributed by atoms with E-state index in [1.165, 1.54) is 0 Å². The summed E-state index contributed by atoms with van der Waals surface area (Å²) in [5.41, 5.74) is 8.51. The van der Waals surface area contributed by atoms with Crippen LogP contribution in [0.5, 0.6) is 5.75 Å². The van der Waals surface area contributed by atoms with E-state index in [4.69, 9.17) is 15.7 Å². The SMILES string of the molecule is COc1c(C)cc(C2(N)CC2)cc1C#N. The van der Waals surface area contributed by atoms with E-state index in [0.717, 1.165) is 24.0 Å². The van der Waals surface area contributed by atoms with E-state index in [1.54, 1.807) is 7.11 Å². The summed E-state index contributed by atoms with van der Waals surface area (Å²) < 4.78 is 5.19. The molecule has 0 heterocycles. The number of hydrogen-bond donors (Lipinski definition) is 1. The van der Waals surface area contributed by atoms with Crippen LogP contribution in [0.25, 0.3) is 0 Å². The third-order valence-corrected chi connectivity index (χ3v) is 2.96. The van der Waals surface area contributed by atoms with E-state index in [-0.39, 0.29) is 5.54 Å². The molecule has 15 heavy (non-hydrogen) atoms. The second-order valence-corrected chi connectivity index (χ2v) is 4.14. The summed E-state index contributed by atoms with van der Waals surface area (Å²) in [5, 5.41) is 9.01. The zero-order chi connectivity index (χ0) is 11.1. The predicted octanol–water partition coefficient (Wildman–Crippen LogP) is 1.82. The number of nitrogens with zero attached hydrogens (tertiary/aromatic N) is 1. The molecule has 0 aliphatic heterocycles. The molecule has 2 N–H and O–H groups in total. The summed E-state index contributed by atoms with van der Waals surface area (Å²) in [7, 11) is 1.58. The maximum Gasteiger partial charge on any atom is 0.139 e. The molecule has 0 atom stereocenters. The lowest BCUT2D eigenvalue weighted by Crippen LogP contribution is -2.19. The van der Waals surface area contributed by atoms with Crippen LogP contribution in [0.15, 0.2) is 12.1 Å². The highest BCUT2D eigenvalue weighted by Crippen LogP contribution is 2.44. The van der Waals surface area contributed by atoms with E-state index in [1.807, 2.05) is 19.1 Å². The van der Waals surface area contributed by atoms with Gasteiger partial charge in [-0.1, -0.05) is 6.07 Å². The van der Waals surface area contributed by atoms with Gasteiger partial charge in [0.1, 0.15) is 11.8 Å². The first-order valence-electron chi connectivity index (χ1n) is 4.99. The molecule has 0 spiro atoms. The smallest absolute Gasteiger partial charge is 0.139 e. The zero-order valence-electron chi connectivity index (χ0n) is 9.00. The Morgan fingerprint density at radius 3 is 2.60 bits per heavy atom. The van der Waals surface area contributed by atoms with Crippen molar-refractivity contribution in [3.05, 3.63) is 28.8 Å². The first-order chi connectivity index (χ1) is 7.10. The topological polar surface area (TPSA) is 59.0 Å². The maximum atomic E-state index is 9.01. The van der Waals surface area contributed by atoms with Crippen molar-refractivity contribution in [3.8, 4) is 11.8 Å². The summed E-state index contributed by atoms with van der Waals surface area (Å²) in [5.74, 6) is 0.658. The van der Waals surface area contributed by atoms with E-state index in [9.17, 15) is 0 Å². The number of rotatable bonds is 2. The molecule has 1 fully saturated rings. The number of benzene rings is 1. The summed E-state index contributed by atoms with van der Waals surface area (Å²) in [6.45, 7) is 1.94. The largest absolute Gasteiger partial charge is 0.495 e. The van der Waals surface area contributed by atoms with E-state index < -0.39 is 0 Å². The van der Waals surface area contributed by atoms with E-state index in [0.29, 0.717) is 11.3 Å². The van der Waals surface area contributed by atoms with E-state index in [2.05, 4.69) is 6.07 Å². The van der Waals surface area contributed by atoms with Crippen LogP contribution in [-0.4, -0.2) is 7.11 Å². The standard InChI is InChI=1S/C12H14N2O/c1-8-5-10(12(14)3-4-12)6-9(7-13)11(8)15-2/h5-6H,3-4,14H2,1-2H3. The van der Waals surface area contributed by atoms with Gasteiger partial charge in [0.2, 0.25) is 0 Å². The molecule has 0 radical (unpaired) electrons. The van der Waals surface area contributed by atoms with Gasteiger partial charge in [0, 0.05) is 5.54 Å². The first-order valence-corrected chi connectivity index (χ1v) is 4.99. The van der Waals surface area contributed by atoms with Crippen LogP contribution in [-0.2, 0) is 5.54 Å². The van der Waals surface area contributed by atoms with Crippen molar-refractivity contribution in [2.75, 3.05) is 7.11 Å². The predicted molar refractivity (Wildman–Crippen MR) is 57.5 cm³/mol. The molecule has 2 rings (SSSR count). The minimum atomic E-state index is -0.192. The molecule has 1 aromatic rings. The Kier molecular flexibility index (Phi) is 2.17. The van der Waals surface area contributed by atoms with Crippen LogP contribution in [0.4, 0.5) is 0 Å². The van der Waals surface area contributed by atoms with Gasteiger partial charge in [0.25, 0.3) is 0 Å². The second kappa shape index (κ2) is 3.25. The molecule has 0 amide bonds. The van der Waals surface area contributed by atoms with Crippen molar-refractivity contribution in [2.45, 2.75) is 25.3 Å². The lowest BCUT2D eigenvalue weighted by molar-refractivity contribution is 0.410. The average Bonchev–Trinajstić information content (AvgIpc) is 2.96. The third-order valence-electron chi connectivity index (χ3n) is 2.96. The van der Waals surface area contributed by atoms with Gasteiger partial charge in [-0.05, 0) is 37.0 Å². The Bertz CT molecular complexity index is 442. The second-order valence-electron chi connectivity index (χ2n) is 4.14. The lowest BCUT2D eigenvalue weighted by Gasteiger charge is -2.13. The zero-order valence-corrected chi connectivity index (χ0v) is 9.00. The minimum absolute atomic E-state index is 0.192. The van der Waals surface area contributed by atoms with Gasteiger partial charge >= 0.3 is 0 Å². The highest BCUT2D eigenvalue weighted by atomic mass is 16.5. The molecule has 3 heteroatoms. The Balaban J connectivity index is 2.54. The molecular weight excluding hydrogens is 188 g/mol. The fourth-order valence-corrected chi connectivity index (χ4v) is 1.84. The third kappa shape index (κ3) is 1.57. The summed E-state index contributed by atoms with van der Waals surface area (Å²) >= 11 is 0. The molecule has 0 saturated heterocycles. The average molecular weight is 202 g/mol. The Labute approximate surface area is 89.5 Å². The molecule has 0 bridgehead atoms. The van der Waals surface area contributed by atoms with Gasteiger partial charge in [-0.15, -0.1) is 0 Å². The van der Waals surface area contributed by atoms with Gasteiger partial charge in [-0.2, -0.15) is 5.26 Å². The molecule has 1 aliphatic carbocycles. The summed E-state index contributed by atoms with van der Waals surface area (Å²) in [6, 6.07) is 6.01. The summed E-state index contributed by atoms with van der Waals surface area (Å²) in [6.07, 6.45) is 2.01. The van der Waals surface area contributed by atoms with Gasteiger partial charge in [-0.25, -0.2) is 0 Å². The van der Waals surface area contributed by atoms with Crippen LogP contribution in [0.2, 0.25) is 0 Å². The van der Waals surface area contributed by atoms with Crippen LogP contribution >= 0.6 is 0 Å². The number of nitrogens with two attached hydrogens (primary N) is 1. The van der Waals surface area contributed by atoms with Crippen LogP contribution in [0.3, 0.4) is 0 Å². The number of aryl methyl sites for hydroxylation is 1. The van der Waals surface area contributed by atoms with Crippen molar-refractivity contribution in [1.82, 2.24) is 0 Å². The van der Waals surface area contributed by atoms with Crippen molar-refractivity contribution in [2.24, 2.45) is 5.73 Å². The van der Waals surface area contributed by atoms with Crippen molar-refractivity contribution in [1.29, 1.82) is 5.26 Å². The molecule has 1 saturated carbocycles. The van der Waals surface area contributed by atoms with Crippen LogP contribution < -0.4 is 10.5 Å². The normalized spacial score (nSPS) is 16.9. The maximum absolute atomic E-state index is 9.01. The molecule has 78 valence electrons. The quantitative estimate of drug-likeness (QED) is 0.795. The highest BCUT2D eigenvalue weighted by molar-refractivity contribution is 5.52. The number of hydrogen-bond acceptors (Lipinski definition) is 3. The molecule has 0 unspecified atom stereocenters. The lowest BCUT2D eigenvalue weighted by atomic mass is 9.99. The fourth-order valence-electron chi connectivity index (χ4n) is 1.84. The first kappa shape index (κ1) is 10.0. The Morgan fingerprint density at radius 1 is 1.47 bits per heavy atom. The Morgan fingerprint density at radius 2 is 2.13 bits per heavy atom. The molecule has 0 aromatic heterocycles. The van der Waals surface area contributed by atoms with Crippen molar-refractivity contribution < 1.29 is 4.74 Å². The summed E-state index contributed by atoms with van der Waals surface area (Å²) in [4.78, 5) is 0. The number of nitriles is 1. The van der Waals surface area contributed by atoms with Gasteiger partial charge in [-0.3, -0.25) is 0 Å². The Hall–Kier alpha value is -1.53. The monoisotopic (exact) mass is 202 g/mol. The highest BCUT2D eigenvalue weighted by Gasteiger charge is 2.40. The molecule has 1 aliphatic rings. The van der Waals surface area contributed by atoms with E-state index >= 15 is 0 Å². The molecular formula is C12H14N2O. The molecule has 1 aromatic carbocycles. The number of ether oxygens (including phenoxy) is 1. The molecule has 3 nitrogen and oxygen atoms in total. The van der Waals surface area contributed by atoms with Gasteiger partial charge in [0.15, 0.2) is 0 Å². The minimum Gasteiger partial charge on any atom is -0.495 e. The van der Waals surface area contributed by atoms with Crippen molar-refractivity contribution >= 4 is 0 Å². The van der Waals surface area contributed by atoms with Crippen LogP contribution in [0, 0.1) is 18.3 Å². The fraction of sp³-hybridized carbons (Fsp3) is 0.417. The van der Waals surface area contributed by atoms with Gasteiger partial charge < -0.3 is 10.5 Å². The number of methoxy groups -OCH3 is 1.